The first kappa shape index (κ1) is 22.2. The van der Waals surface area contributed by atoms with E-state index in [1.54, 1.807) is 4.90 Å². The van der Waals surface area contributed by atoms with E-state index in [1.807, 2.05) is 70.2 Å². The Hall–Kier alpha value is -2.96. The molecule has 5 nitrogen and oxygen atoms in total. The molecule has 0 fully saturated rings. The molecule has 3 aromatic rings. The van der Waals surface area contributed by atoms with Crippen LogP contribution in [0.5, 0.6) is 0 Å². The number of nitrogens with zero attached hydrogens (tertiary/aromatic N) is 2. The van der Waals surface area contributed by atoms with Crippen LogP contribution in [0.2, 0.25) is 5.02 Å². The second-order valence-corrected chi connectivity index (χ2v) is 9.57. The van der Waals surface area contributed by atoms with E-state index in [0.717, 1.165) is 49.1 Å². The van der Waals surface area contributed by atoms with Crippen molar-refractivity contribution in [1.82, 2.24) is 0 Å². The lowest BCUT2D eigenvalue weighted by molar-refractivity contribution is -0.120. The number of hydrogen-bond donors (Lipinski definition) is 1. The molecular formula is C25H24ClN3O2S. The third-order valence-electron chi connectivity index (χ3n) is 5.69. The van der Waals surface area contributed by atoms with Gasteiger partial charge in [-0.1, -0.05) is 41.9 Å². The summed E-state index contributed by atoms with van der Waals surface area (Å²) in [7, 11) is 0. The molecule has 32 heavy (non-hydrogen) atoms. The molecule has 0 atom stereocenters. The van der Waals surface area contributed by atoms with Crippen LogP contribution in [0.4, 0.5) is 10.7 Å². The minimum Gasteiger partial charge on any atom is -0.324 e. The Morgan fingerprint density at radius 2 is 1.75 bits per heavy atom. The lowest BCUT2D eigenvalue weighted by Crippen LogP contribution is -2.39. The fraction of sp³-hybridized carbons (Fsp3) is 0.240. The van der Waals surface area contributed by atoms with Gasteiger partial charge in [-0.2, -0.15) is 0 Å². The van der Waals surface area contributed by atoms with Crippen molar-refractivity contribution in [3.8, 4) is 0 Å². The van der Waals surface area contributed by atoms with Crippen molar-refractivity contribution in [3.63, 3.8) is 0 Å². The number of fused-ring (bicyclic) bond motifs is 1. The van der Waals surface area contributed by atoms with E-state index in [2.05, 4.69) is 10.3 Å². The molecule has 0 aliphatic carbocycles. The van der Waals surface area contributed by atoms with Crippen molar-refractivity contribution in [1.29, 1.82) is 0 Å². The summed E-state index contributed by atoms with van der Waals surface area (Å²) in [6.45, 7) is 7.87. The maximum Gasteiger partial charge on any atom is 0.249 e. The molecule has 1 aliphatic rings. The van der Waals surface area contributed by atoms with E-state index in [-0.39, 0.29) is 24.9 Å². The van der Waals surface area contributed by atoms with Crippen LogP contribution in [0.25, 0.3) is 0 Å². The number of aryl methyl sites for hydroxylation is 3. The third-order valence-corrected chi connectivity index (χ3v) is 7.17. The molecular weight excluding hydrogens is 442 g/mol. The molecule has 0 radical (unpaired) electrons. The van der Waals surface area contributed by atoms with Gasteiger partial charge in [-0.25, -0.2) is 0 Å². The highest BCUT2D eigenvalue weighted by atomic mass is 35.5. The molecule has 0 saturated carbocycles. The quantitative estimate of drug-likeness (QED) is 0.556. The Morgan fingerprint density at radius 3 is 2.41 bits per heavy atom. The summed E-state index contributed by atoms with van der Waals surface area (Å²) >= 11 is 7.58. The molecule has 4 rings (SSSR count). The van der Waals surface area contributed by atoms with Crippen molar-refractivity contribution >= 4 is 51.2 Å². The molecule has 1 N–H and O–H groups in total. The lowest BCUT2D eigenvalue weighted by Gasteiger charge is -2.21. The normalized spacial score (nSPS) is 13.5. The Labute approximate surface area is 196 Å². The number of benzene rings is 2. The van der Waals surface area contributed by atoms with Crippen molar-refractivity contribution in [2.75, 3.05) is 23.3 Å². The van der Waals surface area contributed by atoms with E-state index in [9.17, 15) is 9.59 Å². The predicted molar refractivity (Wildman–Crippen MR) is 133 cm³/mol. The van der Waals surface area contributed by atoms with Crippen LogP contribution < -0.4 is 10.2 Å². The molecule has 0 spiro atoms. The fourth-order valence-electron chi connectivity index (χ4n) is 3.84. The van der Waals surface area contributed by atoms with Gasteiger partial charge in [0.25, 0.3) is 0 Å². The van der Waals surface area contributed by atoms with Gasteiger partial charge in [-0.3, -0.25) is 19.5 Å². The number of para-hydroxylation sites is 1. The second-order valence-electron chi connectivity index (χ2n) is 7.93. The Kier molecular flexibility index (Phi) is 6.17. The van der Waals surface area contributed by atoms with Gasteiger partial charge in [0.2, 0.25) is 11.8 Å². The monoisotopic (exact) mass is 465 g/mol. The lowest BCUT2D eigenvalue weighted by atomic mass is 10.00. The molecule has 0 bridgehead atoms. The number of aliphatic imine (C=N–C) groups is 1. The van der Waals surface area contributed by atoms with Gasteiger partial charge in [0.1, 0.15) is 18.1 Å². The average molecular weight is 466 g/mol. The Morgan fingerprint density at radius 1 is 1.09 bits per heavy atom. The van der Waals surface area contributed by atoms with Crippen LogP contribution in [-0.2, 0) is 9.59 Å². The standard InChI is InChI=1S/C25H24ClN3O2S/c1-14-6-5-7-15(2)23(14)28-20(30)13-29-21(31)12-27-24(18-8-10-19(26)11-9-18)22-16(3)17(4)32-25(22)29/h5-11H,12-13H2,1-4H3,(H,28,30). The van der Waals surface area contributed by atoms with Gasteiger partial charge in [0, 0.05) is 26.7 Å². The second kappa shape index (κ2) is 8.88. The number of carbonyl (C=O) groups excluding carboxylic acids is 2. The van der Waals surface area contributed by atoms with Crippen molar-refractivity contribution < 1.29 is 9.59 Å². The van der Waals surface area contributed by atoms with Crippen LogP contribution >= 0.6 is 22.9 Å². The van der Waals surface area contributed by atoms with Crippen molar-refractivity contribution in [2.24, 2.45) is 4.99 Å². The smallest absolute Gasteiger partial charge is 0.249 e. The number of thiophene rings is 1. The van der Waals surface area contributed by atoms with E-state index < -0.39 is 0 Å². The molecule has 164 valence electrons. The summed E-state index contributed by atoms with van der Waals surface area (Å²) in [6, 6.07) is 13.3. The van der Waals surface area contributed by atoms with Gasteiger partial charge in [0.15, 0.2) is 0 Å². The van der Waals surface area contributed by atoms with Crippen LogP contribution in [0.1, 0.15) is 32.7 Å². The number of carbonyl (C=O) groups is 2. The Bertz CT molecular complexity index is 1220. The minimum atomic E-state index is -0.236. The molecule has 2 amide bonds. The minimum absolute atomic E-state index is 0.0193. The Balaban J connectivity index is 1.70. The number of hydrogen-bond acceptors (Lipinski definition) is 4. The highest BCUT2D eigenvalue weighted by Crippen LogP contribution is 2.38. The average Bonchev–Trinajstić information content (AvgIpc) is 2.97. The first-order valence-corrected chi connectivity index (χ1v) is 11.5. The first-order chi connectivity index (χ1) is 15.3. The number of nitrogens with one attached hydrogen (secondary N) is 1. The zero-order chi connectivity index (χ0) is 23.0. The van der Waals surface area contributed by atoms with E-state index in [0.29, 0.717) is 5.02 Å². The van der Waals surface area contributed by atoms with Gasteiger partial charge >= 0.3 is 0 Å². The topological polar surface area (TPSA) is 61.8 Å². The van der Waals surface area contributed by atoms with Crippen LogP contribution in [-0.4, -0.2) is 30.6 Å². The SMILES string of the molecule is Cc1cccc(C)c1NC(=O)CN1C(=O)CN=C(c2ccc(Cl)cc2)c2c1sc(C)c2C. The molecule has 1 aliphatic heterocycles. The van der Waals surface area contributed by atoms with E-state index in [1.165, 1.54) is 11.3 Å². The zero-order valence-electron chi connectivity index (χ0n) is 18.5. The summed E-state index contributed by atoms with van der Waals surface area (Å²) in [5.74, 6) is -0.437. The summed E-state index contributed by atoms with van der Waals surface area (Å²) in [5.41, 5.74) is 6.37. The molecule has 0 unspecified atom stereocenters. The van der Waals surface area contributed by atoms with Crippen molar-refractivity contribution in [2.45, 2.75) is 27.7 Å². The molecule has 2 heterocycles. The molecule has 1 aromatic heterocycles. The number of halogens is 1. The van der Waals surface area contributed by atoms with Gasteiger partial charge in [-0.15, -0.1) is 11.3 Å². The first-order valence-electron chi connectivity index (χ1n) is 10.3. The summed E-state index contributed by atoms with van der Waals surface area (Å²) in [5, 5.41) is 4.39. The predicted octanol–water partition coefficient (Wildman–Crippen LogP) is 5.46. The summed E-state index contributed by atoms with van der Waals surface area (Å²) in [4.78, 5) is 33.4. The highest BCUT2D eigenvalue weighted by molar-refractivity contribution is 7.17. The number of anilines is 2. The van der Waals surface area contributed by atoms with Crippen molar-refractivity contribution in [3.05, 3.63) is 80.2 Å². The van der Waals surface area contributed by atoms with Gasteiger partial charge < -0.3 is 5.32 Å². The fourth-order valence-corrected chi connectivity index (χ4v) is 5.14. The maximum atomic E-state index is 13.1. The summed E-state index contributed by atoms with van der Waals surface area (Å²) < 4.78 is 0. The third kappa shape index (κ3) is 4.20. The summed E-state index contributed by atoms with van der Waals surface area (Å²) in [6.07, 6.45) is 0. The maximum absolute atomic E-state index is 13.1. The molecule has 7 heteroatoms. The number of amides is 2. The van der Waals surface area contributed by atoms with Crippen LogP contribution in [0, 0.1) is 27.7 Å². The molecule has 0 saturated heterocycles. The van der Waals surface area contributed by atoms with E-state index in [4.69, 9.17) is 11.6 Å². The zero-order valence-corrected chi connectivity index (χ0v) is 20.0. The van der Waals surface area contributed by atoms with Gasteiger partial charge in [0.05, 0.1) is 5.71 Å². The van der Waals surface area contributed by atoms with Crippen LogP contribution in [0.3, 0.4) is 0 Å². The largest absolute Gasteiger partial charge is 0.324 e. The van der Waals surface area contributed by atoms with Gasteiger partial charge in [-0.05, 0) is 56.5 Å². The number of rotatable bonds is 4. The highest BCUT2D eigenvalue weighted by Gasteiger charge is 2.31. The molecule has 2 aromatic carbocycles. The van der Waals surface area contributed by atoms with Crippen LogP contribution in [0.15, 0.2) is 47.5 Å². The van der Waals surface area contributed by atoms with E-state index >= 15 is 0 Å².